The van der Waals surface area contributed by atoms with Crippen molar-refractivity contribution in [3.05, 3.63) is 41.7 Å². The molecule has 15 nitrogen and oxygen atoms in total. The third-order valence-electron chi connectivity index (χ3n) is 4.52. The van der Waals surface area contributed by atoms with Crippen molar-refractivity contribution in [2.75, 3.05) is 5.01 Å². The standard InChI is InChI=1S/C12H11N9O6/c1-4-7(19(22)23)10-16(13-4)11-8(20(24)25)5(2)15-18(11)12-9(21(26)27)6(3)14-17(10)12/h7,10H,1-3H3. The van der Waals surface area contributed by atoms with E-state index in [9.17, 15) is 30.3 Å². The molecule has 2 aromatic rings. The average Bonchev–Trinajstić information content (AvgIpc) is 3.16. The Bertz CT molecular complexity index is 1080. The summed E-state index contributed by atoms with van der Waals surface area (Å²) in [6.07, 6.45) is -1.22. The normalized spacial score (nSPS) is 20.0. The van der Waals surface area contributed by atoms with Crippen LogP contribution in [0.1, 0.15) is 24.5 Å². The predicted octanol–water partition coefficient (Wildman–Crippen LogP) is 0.855. The molecule has 0 saturated carbocycles. The molecule has 0 fully saturated rings. The average molecular weight is 377 g/mol. The first-order chi connectivity index (χ1) is 12.6. The number of hydrazone groups is 1. The van der Waals surface area contributed by atoms with Gasteiger partial charge in [0.15, 0.2) is 0 Å². The summed E-state index contributed by atoms with van der Waals surface area (Å²) >= 11 is 0. The van der Waals surface area contributed by atoms with Gasteiger partial charge < -0.3 is 0 Å². The Balaban J connectivity index is 2.13. The Hall–Kier alpha value is -3.91. The maximum atomic E-state index is 11.6. The summed E-state index contributed by atoms with van der Waals surface area (Å²) in [5.41, 5.74) is -0.772. The fourth-order valence-corrected chi connectivity index (χ4v) is 3.51. The van der Waals surface area contributed by atoms with Crippen LogP contribution in [-0.4, -0.2) is 46.1 Å². The SMILES string of the molecule is CC1=NN2c3c([N+](=O)[O-])c(C)nn3-c3c([N+](=O)[O-])c(C)nn3C2C1[N+](=O)[O-]. The van der Waals surface area contributed by atoms with E-state index < -0.39 is 38.4 Å². The highest BCUT2D eigenvalue weighted by Gasteiger charge is 2.55. The van der Waals surface area contributed by atoms with E-state index in [1.165, 1.54) is 20.8 Å². The molecule has 0 aromatic carbocycles. The van der Waals surface area contributed by atoms with Gasteiger partial charge in [-0.3, -0.25) is 30.3 Å². The minimum absolute atomic E-state index is 0.00487. The van der Waals surface area contributed by atoms with Crippen molar-refractivity contribution in [1.82, 2.24) is 19.6 Å². The van der Waals surface area contributed by atoms with Crippen molar-refractivity contribution < 1.29 is 14.8 Å². The molecule has 0 N–H and O–H groups in total. The number of aryl methyl sites for hydroxylation is 2. The monoisotopic (exact) mass is 377 g/mol. The highest BCUT2D eigenvalue weighted by molar-refractivity contribution is 5.91. The maximum absolute atomic E-state index is 11.6. The van der Waals surface area contributed by atoms with Gasteiger partial charge in [-0.2, -0.15) is 20.0 Å². The third kappa shape index (κ3) is 1.92. The van der Waals surface area contributed by atoms with Crippen molar-refractivity contribution in [2.45, 2.75) is 33.0 Å². The number of nitro groups is 3. The summed E-state index contributed by atoms with van der Waals surface area (Å²) in [4.78, 5) is 32.7. The van der Waals surface area contributed by atoms with Gasteiger partial charge in [-0.25, -0.2) is 9.69 Å². The molecule has 0 aliphatic carbocycles. The van der Waals surface area contributed by atoms with Crippen molar-refractivity contribution in [1.29, 1.82) is 0 Å². The second-order valence-corrected chi connectivity index (χ2v) is 6.12. The zero-order valence-electron chi connectivity index (χ0n) is 14.1. The summed E-state index contributed by atoms with van der Waals surface area (Å²) in [6, 6.07) is -1.38. The fraction of sp³-hybridized carbons (Fsp3) is 0.417. The van der Waals surface area contributed by atoms with Crippen LogP contribution in [0.15, 0.2) is 5.10 Å². The minimum atomic E-state index is -1.38. The van der Waals surface area contributed by atoms with Gasteiger partial charge in [-0.05, 0) is 20.8 Å². The number of aromatic nitrogens is 4. The molecule has 27 heavy (non-hydrogen) atoms. The number of anilines is 1. The van der Waals surface area contributed by atoms with E-state index in [2.05, 4.69) is 15.3 Å². The highest BCUT2D eigenvalue weighted by Crippen LogP contribution is 2.47. The van der Waals surface area contributed by atoms with E-state index in [1.807, 2.05) is 0 Å². The molecule has 15 heteroatoms. The Kier molecular flexibility index (Phi) is 3.10. The van der Waals surface area contributed by atoms with Crippen LogP contribution >= 0.6 is 0 Å². The lowest BCUT2D eigenvalue weighted by molar-refractivity contribution is -0.508. The molecular weight excluding hydrogens is 366 g/mol. The first kappa shape index (κ1) is 16.6. The van der Waals surface area contributed by atoms with Gasteiger partial charge >= 0.3 is 11.4 Å². The predicted molar refractivity (Wildman–Crippen MR) is 87.5 cm³/mol. The number of fused-ring (bicyclic) bond motifs is 6. The van der Waals surface area contributed by atoms with Crippen molar-refractivity contribution in [2.24, 2.45) is 5.10 Å². The zero-order valence-corrected chi connectivity index (χ0v) is 14.1. The molecule has 0 spiro atoms. The van der Waals surface area contributed by atoms with Crippen molar-refractivity contribution in [3.63, 3.8) is 0 Å². The molecule has 0 saturated heterocycles. The van der Waals surface area contributed by atoms with E-state index in [0.717, 1.165) is 14.4 Å². The van der Waals surface area contributed by atoms with Crippen molar-refractivity contribution >= 4 is 22.9 Å². The third-order valence-corrected chi connectivity index (χ3v) is 4.52. The lowest BCUT2D eigenvalue weighted by atomic mass is 10.1. The van der Waals surface area contributed by atoms with E-state index in [0.29, 0.717) is 0 Å². The Labute approximate surface area is 148 Å². The number of hydrogen-bond acceptors (Lipinski definition) is 10. The number of nitrogens with zero attached hydrogens (tertiary/aromatic N) is 9. The summed E-state index contributed by atoms with van der Waals surface area (Å²) in [5, 5.41) is 48.1. The van der Waals surface area contributed by atoms with Gasteiger partial charge in [0, 0.05) is 4.92 Å². The van der Waals surface area contributed by atoms with Gasteiger partial charge in [0.05, 0.1) is 9.85 Å². The van der Waals surface area contributed by atoms with Crippen LogP contribution in [0.4, 0.5) is 17.2 Å². The molecule has 0 amide bonds. The lowest BCUT2D eigenvalue weighted by Gasteiger charge is -2.29. The van der Waals surface area contributed by atoms with E-state index in [4.69, 9.17) is 0 Å². The van der Waals surface area contributed by atoms with Gasteiger partial charge in [0.25, 0.3) is 6.04 Å². The van der Waals surface area contributed by atoms with Gasteiger partial charge in [0.1, 0.15) is 17.1 Å². The second kappa shape index (κ2) is 5.05. The molecular formula is C12H11N9O6. The summed E-state index contributed by atoms with van der Waals surface area (Å²) < 4.78 is 2.09. The molecule has 2 aromatic heterocycles. The van der Waals surface area contributed by atoms with Crippen molar-refractivity contribution in [3.8, 4) is 5.82 Å². The van der Waals surface area contributed by atoms with Crippen LogP contribution in [0.2, 0.25) is 0 Å². The molecule has 2 aliphatic heterocycles. The van der Waals surface area contributed by atoms with Crippen LogP contribution in [0, 0.1) is 44.2 Å². The Morgan fingerprint density at radius 3 is 2.00 bits per heavy atom. The quantitative estimate of drug-likeness (QED) is 0.553. The molecule has 2 unspecified atom stereocenters. The summed E-state index contributed by atoms with van der Waals surface area (Å²) in [5.74, 6) is -0.358. The van der Waals surface area contributed by atoms with Gasteiger partial charge in [-0.1, -0.05) is 0 Å². The van der Waals surface area contributed by atoms with E-state index in [1.54, 1.807) is 0 Å². The van der Waals surface area contributed by atoms with Gasteiger partial charge in [-0.15, -0.1) is 0 Å². The molecule has 2 aliphatic rings. The topological polar surface area (TPSA) is 181 Å². The van der Waals surface area contributed by atoms with E-state index in [-0.39, 0.29) is 28.7 Å². The van der Waals surface area contributed by atoms with Crippen LogP contribution in [-0.2, 0) is 0 Å². The minimum Gasteiger partial charge on any atom is -0.264 e. The Morgan fingerprint density at radius 2 is 1.44 bits per heavy atom. The number of rotatable bonds is 3. The first-order valence-corrected chi connectivity index (χ1v) is 7.60. The molecule has 4 rings (SSSR count). The second-order valence-electron chi connectivity index (χ2n) is 6.12. The van der Waals surface area contributed by atoms with Crippen LogP contribution in [0.5, 0.6) is 0 Å². The highest BCUT2D eigenvalue weighted by atomic mass is 16.6. The van der Waals surface area contributed by atoms with Crippen LogP contribution in [0.25, 0.3) is 5.82 Å². The molecule has 0 bridgehead atoms. The van der Waals surface area contributed by atoms with Crippen LogP contribution in [0.3, 0.4) is 0 Å². The molecule has 4 heterocycles. The first-order valence-electron chi connectivity index (χ1n) is 7.60. The zero-order chi connectivity index (χ0) is 19.8. The molecule has 0 radical (unpaired) electrons. The Morgan fingerprint density at radius 1 is 0.889 bits per heavy atom. The number of hydrogen-bond donors (Lipinski definition) is 0. The molecule has 2 atom stereocenters. The maximum Gasteiger partial charge on any atom is 0.336 e. The summed E-state index contributed by atoms with van der Waals surface area (Å²) in [7, 11) is 0. The van der Waals surface area contributed by atoms with E-state index >= 15 is 0 Å². The lowest BCUT2D eigenvalue weighted by Crippen LogP contribution is -2.43. The van der Waals surface area contributed by atoms with Gasteiger partial charge in [0.2, 0.25) is 17.8 Å². The summed E-state index contributed by atoms with van der Waals surface area (Å²) in [6.45, 7) is 4.16. The molecule has 140 valence electrons. The van der Waals surface area contributed by atoms with Crippen LogP contribution < -0.4 is 5.01 Å². The fourth-order valence-electron chi connectivity index (χ4n) is 3.51. The largest absolute Gasteiger partial charge is 0.336 e. The smallest absolute Gasteiger partial charge is 0.264 e.